The Labute approximate surface area is 151 Å². The van der Waals surface area contributed by atoms with Crippen LogP contribution in [-0.4, -0.2) is 43.7 Å². The molecule has 1 aromatic heterocycles. The summed E-state index contributed by atoms with van der Waals surface area (Å²) in [5, 5.41) is 12.9. The van der Waals surface area contributed by atoms with Gasteiger partial charge in [0.2, 0.25) is 5.91 Å². The zero-order valence-corrected chi connectivity index (χ0v) is 15.2. The molecule has 2 atom stereocenters. The third kappa shape index (κ3) is 4.60. The van der Waals surface area contributed by atoms with Gasteiger partial charge in [-0.2, -0.15) is 5.26 Å². The summed E-state index contributed by atoms with van der Waals surface area (Å²) in [6, 6.07) is 3.13. The van der Waals surface area contributed by atoms with Gasteiger partial charge in [-0.05, 0) is 26.3 Å². The molecule has 0 radical (unpaired) electrons. The van der Waals surface area contributed by atoms with E-state index in [1.54, 1.807) is 19.9 Å². The Hall–Kier alpha value is -1.82. The van der Waals surface area contributed by atoms with E-state index in [0.29, 0.717) is 30.1 Å². The quantitative estimate of drug-likeness (QED) is 0.753. The maximum absolute atomic E-state index is 11.8. The standard InChI is InChI=1S/C15H20N4O3S.ClH/c1-3-22-15(21)12-6-10(7-16)14(23-12)19-5-4-11(8-19)18-13(20)9(2)17;/h6,9,11H,3-5,8,17H2,1-2H3,(H,18,20);1H/t9-,11-;/m0./s1. The SMILES string of the molecule is CCOC(=O)c1cc(C#N)c(N2CC[C@H](NC(=O)[C@H](C)N)C2)s1.Cl. The van der Waals surface area contributed by atoms with Crippen molar-refractivity contribution >= 4 is 40.6 Å². The van der Waals surface area contributed by atoms with Crippen LogP contribution in [0.4, 0.5) is 5.00 Å². The van der Waals surface area contributed by atoms with Gasteiger partial charge in [-0.15, -0.1) is 23.7 Å². The molecular formula is C15H21ClN4O3S. The summed E-state index contributed by atoms with van der Waals surface area (Å²) in [6.45, 7) is 4.98. The zero-order valence-electron chi connectivity index (χ0n) is 13.6. The number of nitrogens with one attached hydrogen (secondary N) is 1. The molecule has 2 rings (SSSR count). The van der Waals surface area contributed by atoms with Gasteiger partial charge < -0.3 is 20.7 Å². The van der Waals surface area contributed by atoms with Crippen LogP contribution in [0.15, 0.2) is 6.07 Å². The molecule has 1 aliphatic heterocycles. The minimum absolute atomic E-state index is 0. The molecule has 0 unspecified atom stereocenters. The highest BCUT2D eigenvalue weighted by molar-refractivity contribution is 7.18. The Morgan fingerprint density at radius 1 is 1.62 bits per heavy atom. The third-order valence-electron chi connectivity index (χ3n) is 3.54. The fourth-order valence-corrected chi connectivity index (χ4v) is 3.43. The van der Waals surface area contributed by atoms with Crippen molar-refractivity contribution in [3.63, 3.8) is 0 Å². The van der Waals surface area contributed by atoms with Crippen LogP contribution in [0.2, 0.25) is 0 Å². The Kier molecular flexibility index (Phi) is 7.48. The molecule has 9 heteroatoms. The fraction of sp³-hybridized carbons (Fsp3) is 0.533. The van der Waals surface area contributed by atoms with E-state index >= 15 is 0 Å². The second-order valence-corrected chi connectivity index (χ2v) is 6.42. The molecule has 0 bridgehead atoms. The number of nitrogens with two attached hydrogens (primary N) is 1. The van der Waals surface area contributed by atoms with Crippen LogP contribution in [0, 0.1) is 11.3 Å². The highest BCUT2D eigenvalue weighted by atomic mass is 35.5. The number of nitrogens with zero attached hydrogens (tertiary/aromatic N) is 2. The Morgan fingerprint density at radius 3 is 2.92 bits per heavy atom. The van der Waals surface area contributed by atoms with Crippen molar-refractivity contribution in [2.45, 2.75) is 32.4 Å². The van der Waals surface area contributed by atoms with Crippen LogP contribution >= 0.6 is 23.7 Å². The first-order chi connectivity index (χ1) is 11.0. The summed E-state index contributed by atoms with van der Waals surface area (Å²) < 4.78 is 4.98. The maximum atomic E-state index is 11.8. The highest BCUT2D eigenvalue weighted by Crippen LogP contribution is 2.33. The number of halogens is 1. The average molecular weight is 373 g/mol. The van der Waals surface area contributed by atoms with Gasteiger partial charge in [-0.25, -0.2) is 4.79 Å². The predicted molar refractivity (Wildman–Crippen MR) is 94.6 cm³/mol. The molecular weight excluding hydrogens is 352 g/mol. The van der Waals surface area contributed by atoms with Crippen molar-refractivity contribution in [1.82, 2.24) is 5.32 Å². The molecule has 3 N–H and O–H groups in total. The number of amides is 1. The number of carbonyl (C=O) groups is 2. The first-order valence-corrected chi connectivity index (χ1v) is 8.29. The number of esters is 1. The average Bonchev–Trinajstić information content (AvgIpc) is 3.13. The van der Waals surface area contributed by atoms with Crippen LogP contribution in [0.25, 0.3) is 0 Å². The summed E-state index contributed by atoms with van der Waals surface area (Å²) in [4.78, 5) is 25.9. The van der Waals surface area contributed by atoms with Crippen LogP contribution < -0.4 is 16.0 Å². The van der Waals surface area contributed by atoms with E-state index in [4.69, 9.17) is 10.5 Å². The molecule has 1 aromatic rings. The molecule has 24 heavy (non-hydrogen) atoms. The molecule has 1 fully saturated rings. The first kappa shape index (κ1) is 20.2. The second kappa shape index (κ2) is 8.87. The first-order valence-electron chi connectivity index (χ1n) is 7.48. The summed E-state index contributed by atoms with van der Waals surface area (Å²) in [7, 11) is 0. The van der Waals surface area contributed by atoms with Crippen LogP contribution in [-0.2, 0) is 9.53 Å². The Balaban J connectivity index is 0.00000288. The van der Waals surface area contributed by atoms with Gasteiger partial charge in [0.25, 0.3) is 0 Å². The lowest BCUT2D eigenvalue weighted by molar-refractivity contribution is -0.122. The summed E-state index contributed by atoms with van der Waals surface area (Å²) in [5.74, 6) is -0.600. The number of hydrogen-bond acceptors (Lipinski definition) is 7. The topological polar surface area (TPSA) is 108 Å². The van der Waals surface area contributed by atoms with Crippen LogP contribution in [0.1, 0.15) is 35.5 Å². The van der Waals surface area contributed by atoms with Crippen molar-refractivity contribution in [3.8, 4) is 6.07 Å². The van der Waals surface area contributed by atoms with Gasteiger partial charge in [0.15, 0.2) is 0 Å². The summed E-state index contributed by atoms with van der Waals surface area (Å²) >= 11 is 1.25. The van der Waals surface area contributed by atoms with Crippen molar-refractivity contribution in [2.24, 2.45) is 5.73 Å². The van der Waals surface area contributed by atoms with Crippen molar-refractivity contribution < 1.29 is 14.3 Å². The number of anilines is 1. The van der Waals surface area contributed by atoms with Gasteiger partial charge in [-0.1, -0.05) is 0 Å². The lowest BCUT2D eigenvalue weighted by atomic mass is 10.2. The Bertz CT molecular complexity index is 641. The monoisotopic (exact) mass is 372 g/mol. The highest BCUT2D eigenvalue weighted by Gasteiger charge is 2.28. The van der Waals surface area contributed by atoms with Crippen molar-refractivity contribution in [2.75, 3.05) is 24.6 Å². The van der Waals surface area contributed by atoms with E-state index in [1.165, 1.54) is 11.3 Å². The predicted octanol–water partition coefficient (Wildman–Crippen LogP) is 1.26. The molecule has 1 saturated heterocycles. The van der Waals surface area contributed by atoms with Crippen LogP contribution in [0.3, 0.4) is 0 Å². The zero-order chi connectivity index (χ0) is 17.0. The molecule has 1 aliphatic rings. The Morgan fingerprint density at radius 2 is 2.33 bits per heavy atom. The smallest absolute Gasteiger partial charge is 0.348 e. The molecule has 0 aromatic carbocycles. The van der Waals surface area contributed by atoms with Gasteiger partial charge >= 0.3 is 5.97 Å². The molecule has 0 saturated carbocycles. The number of hydrogen-bond donors (Lipinski definition) is 2. The number of thiophene rings is 1. The summed E-state index contributed by atoms with van der Waals surface area (Å²) in [6.07, 6.45) is 0.774. The van der Waals surface area contributed by atoms with E-state index < -0.39 is 12.0 Å². The molecule has 0 spiro atoms. The molecule has 132 valence electrons. The van der Waals surface area contributed by atoms with E-state index in [0.717, 1.165) is 11.4 Å². The molecule has 1 amide bonds. The second-order valence-electron chi connectivity index (χ2n) is 5.39. The summed E-state index contributed by atoms with van der Waals surface area (Å²) in [5.41, 5.74) is 6.01. The van der Waals surface area contributed by atoms with E-state index in [1.807, 2.05) is 4.90 Å². The van der Waals surface area contributed by atoms with Crippen LogP contribution in [0.5, 0.6) is 0 Å². The normalized spacial score (nSPS) is 17.6. The lowest BCUT2D eigenvalue weighted by Crippen LogP contribution is -2.44. The molecule has 0 aliphatic carbocycles. The fourth-order valence-electron chi connectivity index (χ4n) is 2.39. The maximum Gasteiger partial charge on any atom is 0.348 e. The number of ether oxygens (including phenoxy) is 1. The largest absolute Gasteiger partial charge is 0.462 e. The number of nitriles is 1. The van der Waals surface area contributed by atoms with Gasteiger partial charge in [0.05, 0.1) is 18.2 Å². The number of carbonyl (C=O) groups excluding carboxylic acids is 2. The molecule has 2 heterocycles. The third-order valence-corrected chi connectivity index (χ3v) is 4.72. The lowest BCUT2D eigenvalue weighted by Gasteiger charge is -2.18. The minimum Gasteiger partial charge on any atom is -0.462 e. The van der Waals surface area contributed by atoms with E-state index in [9.17, 15) is 14.9 Å². The van der Waals surface area contributed by atoms with Gasteiger partial charge in [-0.3, -0.25) is 4.79 Å². The number of rotatable bonds is 5. The van der Waals surface area contributed by atoms with E-state index in [2.05, 4.69) is 11.4 Å². The van der Waals surface area contributed by atoms with Crippen molar-refractivity contribution in [3.05, 3.63) is 16.5 Å². The van der Waals surface area contributed by atoms with E-state index in [-0.39, 0.29) is 24.4 Å². The van der Waals surface area contributed by atoms with Crippen molar-refractivity contribution in [1.29, 1.82) is 5.26 Å². The van der Waals surface area contributed by atoms with Gasteiger partial charge in [0, 0.05) is 19.1 Å². The minimum atomic E-state index is -0.545. The van der Waals surface area contributed by atoms with Gasteiger partial charge in [0.1, 0.15) is 15.9 Å². The molecule has 7 nitrogen and oxygen atoms in total.